The number of rotatable bonds is 5. The van der Waals surface area contributed by atoms with Crippen LogP contribution in [0.5, 0.6) is 0 Å². The van der Waals surface area contributed by atoms with Crippen LogP contribution >= 0.6 is 0 Å². The molecule has 1 amide bonds. The van der Waals surface area contributed by atoms with Crippen molar-refractivity contribution in [2.45, 2.75) is 32.2 Å². The zero-order chi connectivity index (χ0) is 17.8. The van der Waals surface area contributed by atoms with Crippen molar-refractivity contribution in [3.8, 4) is 0 Å². The van der Waals surface area contributed by atoms with E-state index in [0.29, 0.717) is 6.54 Å². The number of anilines is 2. The molecule has 1 saturated heterocycles. The summed E-state index contributed by atoms with van der Waals surface area (Å²) in [6.45, 7) is 4.77. The number of benzene rings is 2. The maximum atomic E-state index is 12.5. The Kier molecular flexibility index (Phi) is 5.21. The van der Waals surface area contributed by atoms with E-state index in [1.54, 1.807) is 0 Å². The summed E-state index contributed by atoms with van der Waals surface area (Å²) >= 11 is 0. The SMILES string of the molecule is O=C(CN1CCCc2ccccc21)Nc1ccc(CN2CCCC2)cc1. The van der Waals surface area contributed by atoms with E-state index in [-0.39, 0.29) is 5.91 Å². The highest BCUT2D eigenvalue weighted by atomic mass is 16.2. The highest BCUT2D eigenvalue weighted by molar-refractivity contribution is 5.94. The third kappa shape index (κ3) is 4.07. The lowest BCUT2D eigenvalue weighted by Gasteiger charge is -2.30. The number of likely N-dealkylation sites (tertiary alicyclic amines) is 1. The molecule has 4 nitrogen and oxygen atoms in total. The fourth-order valence-electron chi connectivity index (χ4n) is 4.04. The largest absolute Gasteiger partial charge is 0.362 e. The Balaban J connectivity index is 1.33. The zero-order valence-corrected chi connectivity index (χ0v) is 15.3. The van der Waals surface area contributed by atoms with E-state index in [4.69, 9.17) is 0 Å². The molecule has 2 heterocycles. The highest BCUT2D eigenvalue weighted by Crippen LogP contribution is 2.26. The molecule has 2 aromatic rings. The first-order valence-electron chi connectivity index (χ1n) is 9.72. The van der Waals surface area contributed by atoms with Crippen LogP contribution in [-0.2, 0) is 17.8 Å². The number of amides is 1. The lowest BCUT2D eigenvalue weighted by Crippen LogP contribution is -2.36. The molecule has 136 valence electrons. The molecule has 4 rings (SSSR count). The summed E-state index contributed by atoms with van der Waals surface area (Å²) in [6.07, 6.45) is 4.84. The Hall–Kier alpha value is -2.33. The summed E-state index contributed by atoms with van der Waals surface area (Å²) in [6, 6.07) is 16.7. The third-order valence-corrected chi connectivity index (χ3v) is 5.38. The fourth-order valence-corrected chi connectivity index (χ4v) is 4.04. The minimum Gasteiger partial charge on any atom is -0.362 e. The summed E-state index contributed by atoms with van der Waals surface area (Å²) in [5.74, 6) is 0.0500. The van der Waals surface area contributed by atoms with E-state index < -0.39 is 0 Å². The molecule has 0 atom stereocenters. The topological polar surface area (TPSA) is 35.6 Å². The van der Waals surface area contributed by atoms with Crippen LogP contribution in [0, 0.1) is 0 Å². The van der Waals surface area contributed by atoms with Crippen LogP contribution in [0.1, 0.15) is 30.4 Å². The number of hydrogen-bond donors (Lipinski definition) is 1. The number of para-hydroxylation sites is 1. The molecule has 1 N–H and O–H groups in total. The number of nitrogens with zero attached hydrogens (tertiary/aromatic N) is 2. The standard InChI is InChI=1S/C22H27N3O/c26-22(17-25-15-5-7-19-6-1-2-8-21(19)25)23-20-11-9-18(10-12-20)16-24-13-3-4-14-24/h1-2,6,8-12H,3-5,7,13-17H2,(H,23,26). The second kappa shape index (κ2) is 7.92. The Morgan fingerprint density at radius 2 is 1.69 bits per heavy atom. The maximum absolute atomic E-state index is 12.5. The van der Waals surface area contributed by atoms with Gasteiger partial charge in [-0.3, -0.25) is 9.69 Å². The fraction of sp³-hybridized carbons (Fsp3) is 0.409. The Morgan fingerprint density at radius 3 is 2.50 bits per heavy atom. The molecule has 0 bridgehead atoms. The van der Waals surface area contributed by atoms with Crippen molar-refractivity contribution in [3.63, 3.8) is 0 Å². The molecular weight excluding hydrogens is 322 g/mol. The number of aryl methyl sites for hydroxylation is 1. The van der Waals surface area contributed by atoms with Gasteiger partial charge in [-0.25, -0.2) is 0 Å². The van der Waals surface area contributed by atoms with Crippen molar-refractivity contribution in [1.82, 2.24) is 4.90 Å². The van der Waals surface area contributed by atoms with Crippen LogP contribution in [0.3, 0.4) is 0 Å². The van der Waals surface area contributed by atoms with Crippen molar-refractivity contribution >= 4 is 17.3 Å². The van der Waals surface area contributed by atoms with Crippen molar-refractivity contribution in [1.29, 1.82) is 0 Å². The first-order chi connectivity index (χ1) is 12.8. The summed E-state index contributed by atoms with van der Waals surface area (Å²) in [5.41, 5.74) is 4.74. The van der Waals surface area contributed by atoms with Crippen LogP contribution in [0.25, 0.3) is 0 Å². The van der Waals surface area contributed by atoms with Crippen LogP contribution in [0.15, 0.2) is 48.5 Å². The van der Waals surface area contributed by atoms with Crippen LogP contribution in [0.2, 0.25) is 0 Å². The number of carbonyl (C=O) groups excluding carboxylic acids is 1. The predicted molar refractivity (Wildman–Crippen MR) is 107 cm³/mol. The van der Waals surface area contributed by atoms with Crippen LogP contribution < -0.4 is 10.2 Å². The summed E-state index contributed by atoms with van der Waals surface area (Å²) in [7, 11) is 0. The molecule has 0 aliphatic carbocycles. The van der Waals surface area contributed by atoms with Gasteiger partial charge in [0.15, 0.2) is 0 Å². The second-order valence-electron chi connectivity index (χ2n) is 7.38. The van der Waals surface area contributed by atoms with E-state index in [1.807, 2.05) is 18.2 Å². The minimum atomic E-state index is 0.0500. The summed E-state index contributed by atoms with van der Waals surface area (Å²) in [4.78, 5) is 17.2. The molecule has 0 spiro atoms. The Labute approximate surface area is 155 Å². The molecule has 4 heteroatoms. The van der Waals surface area contributed by atoms with Gasteiger partial charge in [0.05, 0.1) is 6.54 Å². The monoisotopic (exact) mass is 349 g/mol. The second-order valence-corrected chi connectivity index (χ2v) is 7.38. The molecule has 26 heavy (non-hydrogen) atoms. The van der Waals surface area contributed by atoms with Gasteiger partial charge in [0, 0.05) is 24.5 Å². The minimum absolute atomic E-state index is 0.0500. The van der Waals surface area contributed by atoms with Gasteiger partial charge in [-0.05, 0) is 68.1 Å². The van der Waals surface area contributed by atoms with E-state index in [9.17, 15) is 4.79 Å². The lowest BCUT2D eigenvalue weighted by molar-refractivity contribution is -0.115. The zero-order valence-electron chi connectivity index (χ0n) is 15.3. The lowest BCUT2D eigenvalue weighted by atomic mass is 10.0. The molecular formula is C22H27N3O. The van der Waals surface area contributed by atoms with Gasteiger partial charge in [-0.2, -0.15) is 0 Å². The normalized spacial score (nSPS) is 17.2. The molecule has 0 saturated carbocycles. The molecule has 2 aliphatic heterocycles. The quantitative estimate of drug-likeness (QED) is 0.894. The van der Waals surface area contributed by atoms with E-state index >= 15 is 0 Å². The van der Waals surface area contributed by atoms with Crippen molar-refractivity contribution < 1.29 is 4.79 Å². The van der Waals surface area contributed by atoms with Crippen molar-refractivity contribution in [2.75, 3.05) is 36.4 Å². The smallest absolute Gasteiger partial charge is 0.243 e. The molecule has 2 aromatic carbocycles. The van der Waals surface area contributed by atoms with Gasteiger partial charge < -0.3 is 10.2 Å². The number of carbonyl (C=O) groups is 1. The first kappa shape index (κ1) is 17.1. The predicted octanol–water partition coefficient (Wildman–Crippen LogP) is 3.67. The first-order valence-corrected chi connectivity index (χ1v) is 9.72. The summed E-state index contributed by atoms with van der Waals surface area (Å²) in [5, 5.41) is 3.05. The maximum Gasteiger partial charge on any atom is 0.243 e. The Bertz CT molecular complexity index is 750. The van der Waals surface area contributed by atoms with Crippen molar-refractivity contribution in [3.05, 3.63) is 59.7 Å². The van der Waals surface area contributed by atoms with Gasteiger partial charge >= 0.3 is 0 Å². The molecule has 2 aliphatic rings. The van der Waals surface area contributed by atoms with E-state index in [2.05, 4.69) is 45.4 Å². The molecule has 0 radical (unpaired) electrons. The number of nitrogens with one attached hydrogen (secondary N) is 1. The van der Waals surface area contributed by atoms with E-state index in [1.165, 1.54) is 42.7 Å². The summed E-state index contributed by atoms with van der Waals surface area (Å²) < 4.78 is 0. The molecule has 1 fully saturated rings. The number of fused-ring (bicyclic) bond motifs is 1. The van der Waals surface area contributed by atoms with Gasteiger partial charge in [0.2, 0.25) is 5.91 Å². The average Bonchev–Trinajstić information content (AvgIpc) is 3.17. The Morgan fingerprint density at radius 1 is 0.923 bits per heavy atom. The molecule has 0 unspecified atom stereocenters. The highest BCUT2D eigenvalue weighted by Gasteiger charge is 2.18. The average molecular weight is 349 g/mol. The third-order valence-electron chi connectivity index (χ3n) is 5.38. The van der Waals surface area contributed by atoms with Crippen LogP contribution in [-0.4, -0.2) is 37.0 Å². The van der Waals surface area contributed by atoms with Gasteiger partial charge in [0.1, 0.15) is 0 Å². The number of hydrogen-bond acceptors (Lipinski definition) is 3. The van der Waals surface area contributed by atoms with Gasteiger partial charge in [-0.15, -0.1) is 0 Å². The van der Waals surface area contributed by atoms with Gasteiger partial charge in [-0.1, -0.05) is 30.3 Å². The van der Waals surface area contributed by atoms with Crippen molar-refractivity contribution in [2.24, 2.45) is 0 Å². The molecule has 0 aromatic heterocycles. The van der Waals surface area contributed by atoms with Crippen LogP contribution in [0.4, 0.5) is 11.4 Å². The van der Waals surface area contributed by atoms with E-state index in [0.717, 1.165) is 31.6 Å². The van der Waals surface area contributed by atoms with Gasteiger partial charge in [0.25, 0.3) is 0 Å².